The van der Waals surface area contributed by atoms with Gasteiger partial charge in [-0.1, -0.05) is 12.1 Å². The van der Waals surface area contributed by atoms with E-state index in [-0.39, 0.29) is 28.7 Å². The van der Waals surface area contributed by atoms with Crippen LogP contribution in [0.5, 0.6) is 0 Å². The molecule has 2 atom stereocenters. The number of carbonyl (C=O) groups excluding carboxylic acids is 1. The summed E-state index contributed by atoms with van der Waals surface area (Å²) in [6.07, 6.45) is 1.01. The van der Waals surface area contributed by atoms with Crippen LogP contribution < -0.4 is 4.90 Å². The minimum absolute atomic E-state index is 0.0328. The Balaban J connectivity index is 1.86. The lowest BCUT2D eigenvalue weighted by atomic mass is 9.96. The third-order valence-corrected chi connectivity index (χ3v) is 6.58. The highest BCUT2D eigenvalue weighted by molar-refractivity contribution is 7.91. The molecular formula is C14H16ClNO3S. The molecule has 1 fully saturated rings. The third-order valence-electron chi connectivity index (χ3n) is 4.18. The molecule has 0 bridgehead atoms. The zero-order valence-corrected chi connectivity index (χ0v) is 12.7. The molecule has 3 rings (SSSR count). The van der Waals surface area contributed by atoms with Gasteiger partial charge in [0.15, 0.2) is 9.84 Å². The molecule has 2 aliphatic rings. The maximum atomic E-state index is 11.7. The molecule has 2 aliphatic heterocycles. The van der Waals surface area contributed by atoms with E-state index in [4.69, 9.17) is 11.6 Å². The van der Waals surface area contributed by atoms with E-state index >= 15 is 0 Å². The van der Waals surface area contributed by atoms with Crippen molar-refractivity contribution < 1.29 is 13.2 Å². The molecule has 0 radical (unpaired) electrons. The number of benzene rings is 1. The molecule has 108 valence electrons. The molecule has 0 aromatic heterocycles. The molecule has 0 N–H and O–H groups in total. The molecule has 20 heavy (non-hydrogen) atoms. The monoisotopic (exact) mass is 313 g/mol. The Morgan fingerprint density at radius 1 is 1.40 bits per heavy atom. The van der Waals surface area contributed by atoms with Crippen molar-refractivity contribution in [1.29, 1.82) is 0 Å². The first kappa shape index (κ1) is 13.9. The predicted molar refractivity (Wildman–Crippen MR) is 78.9 cm³/mol. The second kappa shape index (κ2) is 4.74. The lowest BCUT2D eigenvalue weighted by molar-refractivity contribution is -0.117. The Hall–Kier alpha value is -1.07. The quantitative estimate of drug-likeness (QED) is 0.784. The van der Waals surface area contributed by atoms with Crippen molar-refractivity contribution in [2.45, 2.75) is 18.2 Å². The number of sulfone groups is 1. The normalized spacial score (nSPS) is 25.8. The first-order chi connectivity index (χ1) is 9.37. The summed E-state index contributed by atoms with van der Waals surface area (Å²) in [5.41, 5.74) is 2.80. The number of rotatable bonds is 2. The average Bonchev–Trinajstić information content (AvgIpc) is 2.89. The van der Waals surface area contributed by atoms with Gasteiger partial charge in [-0.2, -0.15) is 0 Å². The minimum Gasteiger partial charge on any atom is -0.315 e. The van der Waals surface area contributed by atoms with E-state index in [9.17, 15) is 13.2 Å². The van der Waals surface area contributed by atoms with Crippen LogP contribution in [0.3, 0.4) is 0 Å². The van der Waals surface area contributed by atoms with Gasteiger partial charge in [-0.05, 0) is 29.5 Å². The van der Waals surface area contributed by atoms with Gasteiger partial charge in [0.2, 0.25) is 5.91 Å². The number of anilines is 1. The van der Waals surface area contributed by atoms with Crippen LogP contribution in [0.25, 0.3) is 0 Å². The number of nitrogens with zero attached hydrogens (tertiary/aromatic N) is 1. The van der Waals surface area contributed by atoms with Crippen molar-refractivity contribution in [2.24, 2.45) is 5.92 Å². The maximum Gasteiger partial charge on any atom is 0.231 e. The Bertz CT molecular complexity index is 671. The molecule has 1 aromatic rings. The van der Waals surface area contributed by atoms with Gasteiger partial charge >= 0.3 is 0 Å². The van der Waals surface area contributed by atoms with E-state index in [0.29, 0.717) is 12.8 Å². The topological polar surface area (TPSA) is 54.5 Å². The van der Waals surface area contributed by atoms with Crippen molar-refractivity contribution in [3.8, 4) is 0 Å². The molecule has 2 unspecified atom stereocenters. The predicted octanol–water partition coefficient (Wildman–Crippen LogP) is 1.92. The van der Waals surface area contributed by atoms with E-state index in [0.717, 1.165) is 16.8 Å². The van der Waals surface area contributed by atoms with Crippen LogP contribution in [0.15, 0.2) is 18.2 Å². The largest absolute Gasteiger partial charge is 0.315 e. The van der Waals surface area contributed by atoms with Crippen molar-refractivity contribution in [2.75, 3.05) is 23.5 Å². The standard InChI is InChI=1S/C14H16ClNO3S/c1-16-12-3-2-9(6-11(12)7-13(16)17)14(15)10-4-5-20(18,19)8-10/h2-3,6,10,14H,4-5,7-8H2,1H3. The summed E-state index contributed by atoms with van der Waals surface area (Å²) in [6, 6.07) is 5.74. The number of carbonyl (C=O) groups is 1. The van der Waals surface area contributed by atoms with Gasteiger partial charge in [-0.15, -0.1) is 11.6 Å². The Kier molecular flexibility index (Phi) is 3.29. The number of halogens is 1. The zero-order chi connectivity index (χ0) is 14.5. The molecule has 1 saturated heterocycles. The lowest BCUT2D eigenvalue weighted by Crippen LogP contribution is -2.20. The van der Waals surface area contributed by atoms with Crippen LogP contribution in [0.2, 0.25) is 0 Å². The van der Waals surface area contributed by atoms with E-state index in [1.54, 1.807) is 11.9 Å². The van der Waals surface area contributed by atoms with Crippen LogP contribution in [-0.2, 0) is 21.1 Å². The van der Waals surface area contributed by atoms with Gasteiger partial charge in [0.25, 0.3) is 0 Å². The Morgan fingerprint density at radius 2 is 2.15 bits per heavy atom. The molecule has 4 nitrogen and oxygen atoms in total. The van der Waals surface area contributed by atoms with Crippen molar-refractivity contribution >= 4 is 33.0 Å². The lowest BCUT2D eigenvalue weighted by Gasteiger charge is -2.17. The fraction of sp³-hybridized carbons (Fsp3) is 0.500. The summed E-state index contributed by atoms with van der Waals surface area (Å²) in [6.45, 7) is 0. The van der Waals surface area contributed by atoms with Gasteiger partial charge < -0.3 is 4.90 Å². The molecule has 1 amide bonds. The van der Waals surface area contributed by atoms with Gasteiger partial charge in [-0.25, -0.2) is 8.42 Å². The molecular weight excluding hydrogens is 298 g/mol. The summed E-state index contributed by atoms with van der Waals surface area (Å²) in [7, 11) is -1.16. The van der Waals surface area contributed by atoms with Gasteiger partial charge in [0, 0.05) is 12.7 Å². The highest BCUT2D eigenvalue weighted by Gasteiger charge is 2.34. The smallest absolute Gasteiger partial charge is 0.231 e. The van der Waals surface area contributed by atoms with Crippen molar-refractivity contribution in [3.05, 3.63) is 29.3 Å². The third kappa shape index (κ3) is 2.33. The summed E-state index contributed by atoms with van der Waals surface area (Å²) < 4.78 is 23.1. The summed E-state index contributed by atoms with van der Waals surface area (Å²) in [5.74, 6) is 0.436. The number of fused-ring (bicyclic) bond motifs is 1. The van der Waals surface area contributed by atoms with Crippen LogP contribution in [0, 0.1) is 5.92 Å². The van der Waals surface area contributed by atoms with Crippen molar-refractivity contribution in [3.63, 3.8) is 0 Å². The average molecular weight is 314 g/mol. The Morgan fingerprint density at radius 3 is 2.80 bits per heavy atom. The zero-order valence-electron chi connectivity index (χ0n) is 11.2. The van der Waals surface area contributed by atoms with E-state index in [2.05, 4.69) is 0 Å². The van der Waals surface area contributed by atoms with Gasteiger partial charge in [0.05, 0.1) is 23.3 Å². The summed E-state index contributed by atoms with van der Waals surface area (Å²) >= 11 is 6.45. The highest BCUT2D eigenvalue weighted by atomic mass is 35.5. The fourth-order valence-corrected chi connectivity index (χ4v) is 5.28. The highest BCUT2D eigenvalue weighted by Crippen LogP contribution is 2.39. The summed E-state index contributed by atoms with van der Waals surface area (Å²) in [5, 5.41) is -0.307. The molecule has 2 heterocycles. The summed E-state index contributed by atoms with van der Waals surface area (Å²) in [4.78, 5) is 13.3. The molecule has 0 saturated carbocycles. The SMILES string of the molecule is CN1C(=O)Cc2cc(C(Cl)C3CCS(=O)(=O)C3)ccc21. The van der Waals surface area contributed by atoms with Gasteiger partial charge in [0.1, 0.15) is 0 Å². The molecule has 0 spiro atoms. The molecule has 0 aliphatic carbocycles. The number of amides is 1. The second-order valence-corrected chi connectivity index (χ2v) is 8.28. The second-order valence-electron chi connectivity index (χ2n) is 5.58. The number of hydrogen-bond acceptors (Lipinski definition) is 3. The number of likely N-dealkylation sites (N-methyl/N-ethyl adjacent to an activating group) is 1. The van der Waals surface area contributed by atoms with Crippen LogP contribution in [0.1, 0.15) is 22.9 Å². The maximum absolute atomic E-state index is 11.7. The van der Waals surface area contributed by atoms with Crippen LogP contribution >= 0.6 is 11.6 Å². The van der Waals surface area contributed by atoms with Crippen molar-refractivity contribution in [1.82, 2.24) is 0 Å². The van der Waals surface area contributed by atoms with E-state index < -0.39 is 9.84 Å². The first-order valence-electron chi connectivity index (χ1n) is 6.61. The van der Waals surface area contributed by atoms with Gasteiger partial charge in [-0.3, -0.25) is 4.79 Å². The Labute approximate surface area is 123 Å². The number of alkyl halides is 1. The van der Waals surface area contributed by atoms with E-state index in [1.807, 2.05) is 18.2 Å². The molecule has 1 aromatic carbocycles. The minimum atomic E-state index is -2.92. The van der Waals surface area contributed by atoms with Crippen LogP contribution in [-0.4, -0.2) is 32.9 Å². The first-order valence-corrected chi connectivity index (χ1v) is 8.87. The van der Waals surface area contributed by atoms with Crippen LogP contribution in [0.4, 0.5) is 5.69 Å². The number of hydrogen-bond donors (Lipinski definition) is 0. The molecule has 6 heteroatoms. The fourth-order valence-electron chi connectivity index (χ4n) is 2.99. The van der Waals surface area contributed by atoms with E-state index in [1.165, 1.54) is 0 Å².